The first kappa shape index (κ1) is 14.6. The zero-order valence-electron chi connectivity index (χ0n) is 13.1. The largest absolute Gasteiger partial charge is 0.294 e. The Bertz CT molecular complexity index is 840. The van der Waals surface area contributed by atoms with Gasteiger partial charge in [0.05, 0.1) is 11.8 Å². The highest BCUT2D eigenvalue weighted by atomic mass is 16.1. The fraction of sp³-hybridized carbons (Fsp3) is 0.0909. The second-order valence-electron chi connectivity index (χ2n) is 6.07. The molecule has 0 bridgehead atoms. The van der Waals surface area contributed by atoms with E-state index in [0.717, 1.165) is 22.3 Å². The molecule has 2 aliphatic rings. The van der Waals surface area contributed by atoms with E-state index in [4.69, 9.17) is 0 Å². The molecule has 2 aromatic carbocycles. The van der Waals surface area contributed by atoms with Crippen LogP contribution >= 0.6 is 0 Å². The molecule has 0 aromatic heterocycles. The van der Waals surface area contributed by atoms with Gasteiger partial charge in [0.25, 0.3) is 0 Å². The standard InChI is InChI=1S/C22H16O2/c23-21-13-9-15-5-1-3-7-17(15)19(21)11-12-20-18-8-4-2-6-16(18)10-14-22(20)24/h1-14,19-20H. The molecule has 4 rings (SSSR count). The predicted octanol–water partition coefficient (Wildman–Crippen LogP) is 4.30. The van der Waals surface area contributed by atoms with Crippen LogP contribution in [0.2, 0.25) is 0 Å². The van der Waals surface area contributed by atoms with E-state index in [9.17, 15) is 9.59 Å². The number of carbonyl (C=O) groups excluding carboxylic acids is 2. The van der Waals surface area contributed by atoms with Gasteiger partial charge in [-0.2, -0.15) is 0 Å². The number of rotatable bonds is 2. The van der Waals surface area contributed by atoms with Gasteiger partial charge in [-0.05, 0) is 34.4 Å². The molecule has 2 nitrogen and oxygen atoms in total. The minimum Gasteiger partial charge on any atom is -0.294 e. The van der Waals surface area contributed by atoms with Crippen molar-refractivity contribution in [2.75, 3.05) is 0 Å². The van der Waals surface area contributed by atoms with Gasteiger partial charge in [0.15, 0.2) is 11.6 Å². The molecule has 116 valence electrons. The third-order valence-electron chi connectivity index (χ3n) is 4.63. The Balaban J connectivity index is 1.70. The highest BCUT2D eigenvalue weighted by molar-refractivity contribution is 6.05. The molecular formula is C22H16O2. The van der Waals surface area contributed by atoms with Crippen LogP contribution in [0, 0.1) is 0 Å². The van der Waals surface area contributed by atoms with Crippen molar-refractivity contribution < 1.29 is 9.59 Å². The predicted molar refractivity (Wildman–Crippen MR) is 95.6 cm³/mol. The fourth-order valence-electron chi connectivity index (χ4n) is 3.37. The van der Waals surface area contributed by atoms with Gasteiger partial charge in [0.1, 0.15) is 0 Å². The average molecular weight is 312 g/mol. The Morgan fingerprint density at radius 2 is 1.00 bits per heavy atom. The lowest BCUT2D eigenvalue weighted by atomic mass is 9.82. The van der Waals surface area contributed by atoms with E-state index in [0.29, 0.717) is 0 Å². The zero-order chi connectivity index (χ0) is 16.5. The van der Waals surface area contributed by atoms with E-state index < -0.39 is 0 Å². The molecule has 0 aliphatic heterocycles. The molecule has 2 aliphatic carbocycles. The summed E-state index contributed by atoms with van der Waals surface area (Å²) in [6.07, 6.45) is 10.7. The Morgan fingerprint density at radius 1 is 0.583 bits per heavy atom. The third-order valence-corrected chi connectivity index (χ3v) is 4.63. The molecule has 0 fully saturated rings. The van der Waals surface area contributed by atoms with Crippen molar-refractivity contribution in [1.29, 1.82) is 0 Å². The average Bonchev–Trinajstić information content (AvgIpc) is 2.62. The second-order valence-corrected chi connectivity index (χ2v) is 6.07. The highest BCUT2D eigenvalue weighted by Crippen LogP contribution is 2.32. The van der Waals surface area contributed by atoms with E-state index in [-0.39, 0.29) is 23.4 Å². The minimum absolute atomic E-state index is 0.0528. The van der Waals surface area contributed by atoms with Crippen molar-refractivity contribution in [1.82, 2.24) is 0 Å². The maximum absolute atomic E-state index is 12.3. The molecule has 0 heterocycles. The lowest BCUT2D eigenvalue weighted by Gasteiger charge is -2.20. The van der Waals surface area contributed by atoms with Crippen molar-refractivity contribution >= 4 is 23.7 Å². The minimum atomic E-state index is -0.322. The summed E-state index contributed by atoms with van der Waals surface area (Å²) in [7, 11) is 0. The molecule has 2 atom stereocenters. The third kappa shape index (κ3) is 2.46. The van der Waals surface area contributed by atoms with Crippen LogP contribution < -0.4 is 0 Å². The van der Waals surface area contributed by atoms with Gasteiger partial charge < -0.3 is 0 Å². The van der Waals surface area contributed by atoms with Gasteiger partial charge in [-0.25, -0.2) is 0 Å². The van der Waals surface area contributed by atoms with Crippen LogP contribution in [0.1, 0.15) is 34.1 Å². The van der Waals surface area contributed by atoms with Crippen LogP contribution in [0.25, 0.3) is 12.2 Å². The molecule has 0 saturated heterocycles. The molecule has 24 heavy (non-hydrogen) atoms. The monoisotopic (exact) mass is 312 g/mol. The highest BCUT2D eigenvalue weighted by Gasteiger charge is 2.25. The van der Waals surface area contributed by atoms with Gasteiger partial charge in [-0.15, -0.1) is 0 Å². The number of fused-ring (bicyclic) bond motifs is 2. The van der Waals surface area contributed by atoms with Crippen molar-refractivity contribution in [2.24, 2.45) is 0 Å². The summed E-state index contributed by atoms with van der Waals surface area (Å²) >= 11 is 0. The molecule has 2 unspecified atom stereocenters. The van der Waals surface area contributed by atoms with Crippen molar-refractivity contribution in [3.05, 3.63) is 95.1 Å². The van der Waals surface area contributed by atoms with E-state index in [2.05, 4.69) is 0 Å². The number of hydrogen-bond donors (Lipinski definition) is 0. The zero-order valence-corrected chi connectivity index (χ0v) is 13.1. The summed E-state index contributed by atoms with van der Waals surface area (Å²) in [5, 5.41) is 0. The van der Waals surface area contributed by atoms with Gasteiger partial charge >= 0.3 is 0 Å². The Morgan fingerprint density at radius 3 is 1.46 bits per heavy atom. The van der Waals surface area contributed by atoms with Gasteiger partial charge in [-0.3, -0.25) is 9.59 Å². The second kappa shape index (κ2) is 5.89. The molecule has 0 N–H and O–H groups in total. The molecule has 0 spiro atoms. The van der Waals surface area contributed by atoms with Crippen molar-refractivity contribution in [3.63, 3.8) is 0 Å². The summed E-state index contributed by atoms with van der Waals surface area (Å²) < 4.78 is 0. The number of carbonyl (C=O) groups is 2. The normalized spacial score (nSPS) is 21.8. The van der Waals surface area contributed by atoms with Crippen LogP contribution in [0.4, 0.5) is 0 Å². The summed E-state index contributed by atoms with van der Waals surface area (Å²) in [5.41, 5.74) is 4.10. The number of benzene rings is 2. The topological polar surface area (TPSA) is 34.1 Å². The van der Waals surface area contributed by atoms with Gasteiger partial charge in [-0.1, -0.05) is 72.8 Å². The number of allylic oxidation sites excluding steroid dienone is 4. The number of hydrogen-bond acceptors (Lipinski definition) is 2. The smallest absolute Gasteiger partial charge is 0.166 e. The maximum Gasteiger partial charge on any atom is 0.166 e. The molecule has 0 amide bonds. The lowest BCUT2D eigenvalue weighted by Crippen LogP contribution is -2.15. The van der Waals surface area contributed by atoms with E-state index in [1.807, 2.05) is 72.8 Å². The Kier molecular flexibility index (Phi) is 3.58. The first-order valence-corrected chi connectivity index (χ1v) is 8.04. The molecule has 2 aromatic rings. The SMILES string of the molecule is O=C1C=Cc2ccccc2C1C=CC1C(=O)C=Cc2ccccc21. The van der Waals surface area contributed by atoms with E-state index >= 15 is 0 Å². The Labute approximate surface area is 140 Å². The summed E-state index contributed by atoms with van der Waals surface area (Å²) in [4.78, 5) is 24.6. The maximum atomic E-state index is 12.3. The Hall–Kier alpha value is -3.00. The van der Waals surface area contributed by atoms with Crippen LogP contribution in [-0.4, -0.2) is 11.6 Å². The molecule has 0 saturated carbocycles. The quantitative estimate of drug-likeness (QED) is 0.775. The van der Waals surface area contributed by atoms with Crippen LogP contribution in [-0.2, 0) is 9.59 Å². The van der Waals surface area contributed by atoms with Gasteiger partial charge in [0, 0.05) is 0 Å². The van der Waals surface area contributed by atoms with Crippen LogP contribution in [0.3, 0.4) is 0 Å². The van der Waals surface area contributed by atoms with Crippen molar-refractivity contribution in [3.8, 4) is 0 Å². The van der Waals surface area contributed by atoms with Gasteiger partial charge in [0.2, 0.25) is 0 Å². The summed E-state index contributed by atoms with van der Waals surface area (Å²) in [5.74, 6) is -0.539. The lowest BCUT2D eigenvalue weighted by molar-refractivity contribution is -0.116. The first-order valence-electron chi connectivity index (χ1n) is 8.04. The fourth-order valence-corrected chi connectivity index (χ4v) is 3.37. The molecule has 2 heteroatoms. The van der Waals surface area contributed by atoms with Crippen LogP contribution in [0.5, 0.6) is 0 Å². The number of ketones is 2. The first-order chi connectivity index (χ1) is 11.7. The van der Waals surface area contributed by atoms with E-state index in [1.54, 1.807) is 12.2 Å². The molecule has 0 radical (unpaired) electrons. The summed E-state index contributed by atoms with van der Waals surface area (Å²) in [6, 6.07) is 15.8. The van der Waals surface area contributed by atoms with E-state index in [1.165, 1.54) is 0 Å². The van der Waals surface area contributed by atoms with Crippen molar-refractivity contribution in [2.45, 2.75) is 11.8 Å². The summed E-state index contributed by atoms with van der Waals surface area (Å²) in [6.45, 7) is 0. The van der Waals surface area contributed by atoms with Crippen LogP contribution in [0.15, 0.2) is 72.8 Å². The molecular weight excluding hydrogens is 296 g/mol.